The molecule has 1 atom stereocenters. The van der Waals surface area contributed by atoms with Gasteiger partial charge < -0.3 is 0 Å². The second kappa shape index (κ2) is 4.77. The highest BCUT2D eigenvalue weighted by Crippen LogP contribution is 2.38. The van der Waals surface area contributed by atoms with Crippen LogP contribution in [0.2, 0.25) is 0 Å². The van der Waals surface area contributed by atoms with E-state index in [1.165, 1.54) is 27.1 Å². The van der Waals surface area contributed by atoms with Gasteiger partial charge in [-0.25, -0.2) is 0 Å². The van der Waals surface area contributed by atoms with E-state index in [1.54, 1.807) is 0 Å². The second-order valence-electron chi connectivity index (χ2n) is 2.83. The molecule has 0 bridgehead atoms. The molecule has 0 saturated carbocycles. The lowest BCUT2D eigenvalue weighted by Gasteiger charge is -2.05. The van der Waals surface area contributed by atoms with Crippen LogP contribution in [0.5, 0.6) is 0 Å². The van der Waals surface area contributed by atoms with Gasteiger partial charge in [-0.1, -0.05) is 29.3 Å². The van der Waals surface area contributed by atoms with E-state index in [9.17, 15) is 0 Å². The Kier molecular flexibility index (Phi) is 4.27. The van der Waals surface area contributed by atoms with Crippen LogP contribution in [0.15, 0.2) is 10.5 Å². The van der Waals surface area contributed by atoms with Gasteiger partial charge in [0.15, 0.2) is 0 Å². The van der Waals surface area contributed by atoms with E-state index in [1.807, 2.05) is 11.3 Å². The first-order valence-corrected chi connectivity index (χ1v) is 6.57. The van der Waals surface area contributed by atoms with Crippen molar-refractivity contribution < 1.29 is 0 Å². The molecular weight excluding hydrogens is 300 g/mol. The highest BCUT2D eigenvalue weighted by Gasteiger charge is 2.12. The Morgan fingerprint density at radius 2 is 2.25 bits per heavy atom. The molecule has 1 aromatic rings. The van der Waals surface area contributed by atoms with Crippen LogP contribution < -0.4 is 0 Å². The molecule has 0 spiro atoms. The van der Waals surface area contributed by atoms with Crippen LogP contribution in [0.1, 0.15) is 34.3 Å². The molecule has 3 heteroatoms. The highest BCUT2D eigenvalue weighted by molar-refractivity contribution is 9.11. The normalized spacial score (nSPS) is 13.3. The first-order chi connectivity index (χ1) is 5.65. The molecule has 0 amide bonds. The van der Waals surface area contributed by atoms with Crippen molar-refractivity contribution in [3.8, 4) is 0 Å². The summed E-state index contributed by atoms with van der Waals surface area (Å²) in [5.41, 5.74) is 0. The topological polar surface area (TPSA) is 0 Å². The van der Waals surface area contributed by atoms with Crippen LogP contribution in [0, 0.1) is 6.92 Å². The van der Waals surface area contributed by atoms with Gasteiger partial charge in [-0.2, -0.15) is 0 Å². The van der Waals surface area contributed by atoms with E-state index in [-0.39, 0.29) is 0 Å². The lowest BCUT2D eigenvalue weighted by molar-refractivity contribution is 0.796. The molecule has 0 aromatic carbocycles. The molecule has 1 aromatic heterocycles. The van der Waals surface area contributed by atoms with E-state index >= 15 is 0 Å². The third-order valence-corrected chi connectivity index (χ3v) is 4.96. The van der Waals surface area contributed by atoms with Gasteiger partial charge in [-0.05, 0) is 35.3 Å². The molecule has 68 valence electrons. The Labute approximate surface area is 94.6 Å². The maximum Gasteiger partial charge on any atom is 0.0500 e. The number of halogens is 2. The largest absolute Gasteiger partial charge is 0.143 e. The summed E-state index contributed by atoms with van der Waals surface area (Å²) in [4.78, 5) is 3.32. The summed E-state index contributed by atoms with van der Waals surface area (Å²) in [7, 11) is 0. The maximum absolute atomic E-state index is 3.69. The predicted octanol–water partition coefficient (Wildman–Crippen LogP) is 5.06. The Balaban J connectivity index is 2.79. The number of rotatable bonds is 3. The van der Waals surface area contributed by atoms with Crippen LogP contribution in [0.4, 0.5) is 0 Å². The summed E-state index contributed by atoms with van der Waals surface area (Å²) >= 11 is 9.13. The van der Waals surface area contributed by atoms with E-state index < -0.39 is 0 Å². The van der Waals surface area contributed by atoms with Crippen molar-refractivity contribution in [1.82, 2.24) is 0 Å². The van der Waals surface area contributed by atoms with Gasteiger partial charge in [0, 0.05) is 14.2 Å². The lowest BCUT2D eigenvalue weighted by Crippen LogP contribution is -1.84. The fraction of sp³-hybridized carbons (Fsp3) is 0.556. The SMILES string of the molecule is CCCC(Br)c1sc(C)cc1Br. The molecule has 0 aliphatic rings. The smallest absolute Gasteiger partial charge is 0.0500 e. The van der Waals surface area contributed by atoms with Crippen LogP contribution in [0.3, 0.4) is 0 Å². The quantitative estimate of drug-likeness (QED) is 0.685. The van der Waals surface area contributed by atoms with Gasteiger partial charge in [0.2, 0.25) is 0 Å². The van der Waals surface area contributed by atoms with Crippen molar-refractivity contribution in [1.29, 1.82) is 0 Å². The standard InChI is InChI=1S/C9H12Br2S/c1-3-4-7(10)9-8(11)5-6(2)12-9/h5,7H,3-4H2,1-2H3. The molecule has 0 aliphatic heterocycles. The molecular formula is C9H12Br2S. The minimum atomic E-state index is 0.524. The van der Waals surface area contributed by atoms with Crippen molar-refractivity contribution >= 4 is 43.2 Å². The molecule has 0 nitrogen and oxygen atoms in total. The molecule has 1 unspecified atom stereocenters. The summed E-state index contributed by atoms with van der Waals surface area (Å²) < 4.78 is 1.25. The number of hydrogen-bond acceptors (Lipinski definition) is 1. The Morgan fingerprint density at radius 3 is 2.67 bits per heavy atom. The third-order valence-electron chi connectivity index (χ3n) is 1.66. The van der Waals surface area contributed by atoms with E-state index in [0.29, 0.717) is 4.83 Å². The van der Waals surface area contributed by atoms with E-state index in [2.05, 4.69) is 51.8 Å². The Morgan fingerprint density at radius 1 is 1.58 bits per heavy atom. The molecule has 0 aliphatic carbocycles. The van der Waals surface area contributed by atoms with Crippen LogP contribution >= 0.6 is 43.2 Å². The predicted molar refractivity (Wildman–Crippen MR) is 63.3 cm³/mol. The molecule has 12 heavy (non-hydrogen) atoms. The third kappa shape index (κ3) is 2.57. The number of thiophene rings is 1. The summed E-state index contributed by atoms with van der Waals surface area (Å²) in [5, 5.41) is 0. The number of hydrogen-bond donors (Lipinski definition) is 0. The Bertz CT molecular complexity index is 255. The average molecular weight is 312 g/mol. The van der Waals surface area contributed by atoms with Crippen molar-refractivity contribution in [3.05, 3.63) is 20.3 Å². The zero-order chi connectivity index (χ0) is 9.14. The fourth-order valence-corrected chi connectivity index (χ4v) is 4.33. The van der Waals surface area contributed by atoms with Gasteiger partial charge in [-0.3, -0.25) is 0 Å². The summed E-state index contributed by atoms with van der Waals surface area (Å²) in [6.45, 7) is 4.35. The van der Waals surface area contributed by atoms with Gasteiger partial charge in [0.25, 0.3) is 0 Å². The zero-order valence-corrected chi connectivity index (χ0v) is 11.2. The zero-order valence-electron chi connectivity index (χ0n) is 7.23. The van der Waals surface area contributed by atoms with E-state index in [0.717, 1.165) is 0 Å². The lowest BCUT2D eigenvalue weighted by atomic mass is 10.2. The van der Waals surface area contributed by atoms with Crippen LogP contribution in [0.25, 0.3) is 0 Å². The summed E-state index contributed by atoms with van der Waals surface area (Å²) in [6.07, 6.45) is 2.43. The summed E-state index contributed by atoms with van der Waals surface area (Å²) in [6, 6.07) is 2.18. The monoisotopic (exact) mass is 310 g/mol. The van der Waals surface area contributed by atoms with Crippen molar-refractivity contribution in [2.24, 2.45) is 0 Å². The molecule has 0 fully saturated rings. The highest BCUT2D eigenvalue weighted by atomic mass is 79.9. The molecule has 0 saturated heterocycles. The van der Waals surface area contributed by atoms with Crippen LogP contribution in [-0.4, -0.2) is 0 Å². The molecule has 1 heterocycles. The summed E-state index contributed by atoms with van der Waals surface area (Å²) in [5.74, 6) is 0. The van der Waals surface area contributed by atoms with Crippen molar-refractivity contribution in [3.63, 3.8) is 0 Å². The fourth-order valence-electron chi connectivity index (χ4n) is 1.10. The van der Waals surface area contributed by atoms with Gasteiger partial charge >= 0.3 is 0 Å². The minimum absolute atomic E-state index is 0.524. The first-order valence-electron chi connectivity index (χ1n) is 4.05. The van der Waals surface area contributed by atoms with Gasteiger partial charge in [-0.15, -0.1) is 11.3 Å². The average Bonchev–Trinajstić information content (AvgIpc) is 2.30. The molecule has 1 rings (SSSR count). The van der Waals surface area contributed by atoms with Gasteiger partial charge in [0.05, 0.1) is 4.83 Å². The van der Waals surface area contributed by atoms with Gasteiger partial charge in [0.1, 0.15) is 0 Å². The minimum Gasteiger partial charge on any atom is -0.143 e. The molecule has 0 N–H and O–H groups in total. The van der Waals surface area contributed by atoms with Crippen LogP contribution in [-0.2, 0) is 0 Å². The maximum atomic E-state index is 3.69. The number of aryl methyl sites for hydroxylation is 1. The van der Waals surface area contributed by atoms with E-state index in [4.69, 9.17) is 0 Å². The number of alkyl halides is 1. The Hall–Kier alpha value is 0.660. The first kappa shape index (κ1) is 10.7. The second-order valence-corrected chi connectivity index (χ2v) is 6.07. The van der Waals surface area contributed by atoms with Crippen molar-refractivity contribution in [2.45, 2.75) is 31.5 Å². The van der Waals surface area contributed by atoms with Crippen molar-refractivity contribution in [2.75, 3.05) is 0 Å². The molecule has 0 radical (unpaired) electrons.